The molecule has 1 heterocycles. The van der Waals surface area contributed by atoms with Crippen LogP contribution in [0.1, 0.15) is 18.4 Å². The molecule has 136 valence electrons. The van der Waals surface area contributed by atoms with Crippen LogP contribution in [0.4, 0.5) is 0 Å². The van der Waals surface area contributed by atoms with E-state index in [1.165, 1.54) is 0 Å². The fourth-order valence-electron chi connectivity index (χ4n) is 4.10. The highest BCUT2D eigenvalue weighted by atomic mass is 35.5. The van der Waals surface area contributed by atoms with Crippen molar-refractivity contribution in [1.82, 2.24) is 4.90 Å². The number of hydrogen-bond donors (Lipinski definition) is 1. The molecule has 0 unspecified atom stereocenters. The average molecular weight is 398 g/mol. The summed E-state index contributed by atoms with van der Waals surface area (Å²) in [5, 5.41) is 30.4. The second kappa shape index (κ2) is 7.26. The molecule has 7 heteroatoms. The summed E-state index contributed by atoms with van der Waals surface area (Å²) in [6.07, 6.45) is 1.97. The third-order valence-corrected chi connectivity index (χ3v) is 6.34. The van der Waals surface area contributed by atoms with Gasteiger partial charge in [-0.25, -0.2) is 0 Å². The number of nitriles is 3. The van der Waals surface area contributed by atoms with Gasteiger partial charge >= 0.3 is 0 Å². The molecule has 1 aliphatic heterocycles. The maximum atomic E-state index is 10.0. The molecule has 2 atom stereocenters. The lowest BCUT2D eigenvalue weighted by Crippen LogP contribution is -2.48. The summed E-state index contributed by atoms with van der Waals surface area (Å²) in [7, 11) is 0. The Hall–Kier alpha value is -2.49. The summed E-state index contributed by atoms with van der Waals surface area (Å²) in [6.45, 7) is 4.13. The number of hydrogen-bond acceptors (Lipinski definition) is 5. The first-order valence-electron chi connectivity index (χ1n) is 8.54. The fraction of sp³-hybridized carbons (Fsp3) is 0.350. The molecule has 0 amide bonds. The normalized spacial score (nSPS) is 24.2. The van der Waals surface area contributed by atoms with Crippen molar-refractivity contribution in [2.45, 2.75) is 12.8 Å². The largest absolute Gasteiger partial charge is 0.399 e. The number of benzene rings is 1. The average Bonchev–Trinajstić information content (AvgIpc) is 2.69. The smallest absolute Gasteiger partial charge is 0.191 e. The SMILES string of the molecule is CCN1CC=C2C(C#N)=C(N)C(C#N)(C#N)[C@H](c3cccc(Cl)c3Cl)[C@H]2C1. The third-order valence-electron chi connectivity index (χ3n) is 5.50. The Labute approximate surface area is 168 Å². The van der Waals surface area contributed by atoms with E-state index in [1.807, 2.05) is 13.0 Å². The van der Waals surface area contributed by atoms with E-state index in [-0.39, 0.29) is 17.2 Å². The number of allylic oxidation sites excluding steroid dienone is 2. The lowest BCUT2D eigenvalue weighted by Gasteiger charge is -2.45. The summed E-state index contributed by atoms with van der Waals surface area (Å²) in [6, 6.07) is 11.5. The summed E-state index contributed by atoms with van der Waals surface area (Å²) < 4.78 is 0. The quantitative estimate of drug-likeness (QED) is 0.818. The number of rotatable bonds is 2. The highest BCUT2D eigenvalue weighted by molar-refractivity contribution is 6.42. The van der Waals surface area contributed by atoms with E-state index >= 15 is 0 Å². The predicted molar refractivity (Wildman–Crippen MR) is 103 cm³/mol. The molecule has 0 saturated carbocycles. The minimum atomic E-state index is -1.70. The van der Waals surface area contributed by atoms with Crippen molar-refractivity contribution in [2.24, 2.45) is 17.1 Å². The van der Waals surface area contributed by atoms with Gasteiger partial charge in [0.2, 0.25) is 0 Å². The topological polar surface area (TPSA) is 101 Å². The number of likely N-dealkylation sites (N-methyl/N-ethyl adjacent to an activating group) is 1. The van der Waals surface area contributed by atoms with Crippen LogP contribution in [0.5, 0.6) is 0 Å². The van der Waals surface area contributed by atoms with Gasteiger partial charge in [0.25, 0.3) is 0 Å². The van der Waals surface area contributed by atoms with Crippen molar-refractivity contribution in [3.63, 3.8) is 0 Å². The molecule has 0 radical (unpaired) electrons. The number of fused-ring (bicyclic) bond motifs is 1. The monoisotopic (exact) mass is 397 g/mol. The van der Waals surface area contributed by atoms with Crippen LogP contribution < -0.4 is 5.73 Å². The van der Waals surface area contributed by atoms with Crippen molar-refractivity contribution in [3.05, 3.63) is 56.7 Å². The lowest BCUT2D eigenvalue weighted by atomic mass is 9.58. The Morgan fingerprint density at radius 1 is 1.26 bits per heavy atom. The molecular weight excluding hydrogens is 381 g/mol. The second-order valence-electron chi connectivity index (χ2n) is 6.67. The van der Waals surface area contributed by atoms with Crippen molar-refractivity contribution in [1.29, 1.82) is 15.8 Å². The molecule has 27 heavy (non-hydrogen) atoms. The van der Waals surface area contributed by atoms with E-state index in [0.717, 1.165) is 12.1 Å². The molecule has 2 N–H and O–H groups in total. The summed E-state index contributed by atoms with van der Waals surface area (Å²) in [5.74, 6) is -0.896. The maximum absolute atomic E-state index is 10.0. The Bertz CT molecular complexity index is 960. The van der Waals surface area contributed by atoms with Gasteiger partial charge in [-0.3, -0.25) is 4.90 Å². The van der Waals surface area contributed by atoms with Gasteiger partial charge in [0, 0.05) is 24.9 Å². The second-order valence-corrected chi connectivity index (χ2v) is 7.46. The maximum Gasteiger partial charge on any atom is 0.191 e. The first-order valence-corrected chi connectivity index (χ1v) is 9.30. The van der Waals surface area contributed by atoms with Crippen molar-refractivity contribution in [3.8, 4) is 18.2 Å². The Morgan fingerprint density at radius 2 is 1.96 bits per heavy atom. The van der Waals surface area contributed by atoms with Crippen LogP contribution in [0, 0.1) is 45.3 Å². The summed E-state index contributed by atoms with van der Waals surface area (Å²) >= 11 is 12.7. The molecule has 0 bridgehead atoms. The zero-order valence-corrected chi connectivity index (χ0v) is 16.2. The van der Waals surface area contributed by atoms with Gasteiger partial charge in [-0.1, -0.05) is 48.3 Å². The standard InChI is InChI=1S/C20H17Cl2N5/c1-2-27-7-6-12-14(8-23)19(26)20(10-24,11-25)17(15(12)9-27)13-4-3-5-16(21)18(13)22/h3-6,15,17H,2,7,9,26H2,1H3/t15-,17+/m0/s1. The van der Waals surface area contributed by atoms with Crippen LogP contribution in [0.15, 0.2) is 41.1 Å². The van der Waals surface area contributed by atoms with Crippen molar-refractivity contribution < 1.29 is 0 Å². The van der Waals surface area contributed by atoms with Crippen LogP contribution in [0.3, 0.4) is 0 Å². The van der Waals surface area contributed by atoms with E-state index in [4.69, 9.17) is 28.9 Å². The summed E-state index contributed by atoms with van der Waals surface area (Å²) in [5.41, 5.74) is 6.16. The van der Waals surface area contributed by atoms with Gasteiger partial charge in [-0.05, 0) is 23.7 Å². The number of halogens is 2. The van der Waals surface area contributed by atoms with Crippen LogP contribution in [-0.2, 0) is 0 Å². The van der Waals surface area contributed by atoms with Gasteiger partial charge in [0.05, 0.1) is 33.5 Å². The molecule has 1 aromatic carbocycles. The predicted octanol–water partition coefficient (Wildman–Crippen LogP) is 3.74. The van der Waals surface area contributed by atoms with Gasteiger partial charge < -0.3 is 5.73 Å². The zero-order valence-electron chi connectivity index (χ0n) is 14.7. The Kier molecular flexibility index (Phi) is 5.18. The van der Waals surface area contributed by atoms with Crippen molar-refractivity contribution in [2.75, 3.05) is 19.6 Å². The highest BCUT2D eigenvalue weighted by Crippen LogP contribution is 2.55. The molecule has 0 spiro atoms. The van der Waals surface area contributed by atoms with Gasteiger partial charge in [-0.2, -0.15) is 15.8 Å². The minimum Gasteiger partial charge on any atom is -0.399 e. The number of nitrogens with zero attached hydrogens (tertiary/aromatic N) is 4. The number of nitrogens with two attached hydrogens (primary N) is 1. The molecule has 1 aromatic rings. The minimum absolute atomic E-state index is 0.0107. The first kappa shape index (κ1) is 19.3. The van der Waals surface area contributed by atoms with E-state index in [9.17, 15) is 15.8 Å². The molecule has 0 aromatic heterocycles. The van der Waals surface area contributed by atoms with Crippen LogP contribution in [0.2, 0.25) is 10.0 Å². The fourth-order valence-corrected chi connectivity index (χ4v) is 4.53. The molecular formula is C20H17Cl2N5. The molecule has 0 saturated heterocycles. The van der Waals surface area contributed by atoms with E-state index < -0.39 is 11.3 Å². The summed E-state index contributed by atoms with van der Waals surface area (Å²) in [4.78, 5) is 2.19. The van der Waals surface area contributed by atoms with Crippen LogP contribution >= 0.6 is 23.2 Å². The van der Waals surface area contributed by atoms with E-state index in [0.29, 0.717) is 28.7 Å². The first-order chi connectivity index (χ1) is 12.9. The molecule has 0 fully saturated rings. The van der Waals surface area contributed by atoms with Gasteiger partial charge in [-0.15, -0.1) is 0 Å². The van der Waals surface area contributed by atoms with E-state index in [1.54, 1.807) is 18.2 Å². The van der Waals surface area contributed by atoms with Crippen molar-refractivity contribution >= 4 is 23.2 Å². The Morgan fingerprint density at radius 3 is 2.56 bits per heavy atom. The molecule has 5 nitrogen and oxygen atoms in total. The molecule has 3 rings (SSSR count). The third kappa shape index (κ3) is 2.78. The molecule has 1 aliphatic carbocycles. The highest BCUT2D eigenvalue weighted by Gasteiger charge is 2.54. The van der Waals surface area contributed by atoms with Gasteiger partial charge in [0.15, 0.2) is 5.41 Å². The van der Waals surface area contributed by atoms with Gasteiger partial charge in [0.1, 0.15) is 6.07 Å². The van der Waals surface area contributed by atoms with Crippen LogP contribution in [-0.4, -0.2) is 24.5 Å². The Balaban J connectivity index is 2.36. The van der Waals surface area contributed by atoms with E-state index in [2.05, 4.69) is 23.1 Å². The van der Waals surface area contributed by atoms with Crippen LogP contribution in [0.25, 0.3) is 0 Å². The molecule has 2 aliphatic rings. The lowest BCUT2D eigenvalue weighted by molar-refractivity contribution is 0.214. The zero-order chi connectivity index (χ0) is 19.8.